The topological polar surface area (TPSA) is 55.4 Å². The summed E-state index contributed by atoms with van der Waals surface area (Å²) in [7, 11) is 0. The molecule has 4 nitrogen and oxygen atoms in total. The third kappa shape index (κ3) is 3.69. The van der Waals surface area contributed by atoms with Crippen molar-refractivity contribution in [1.82, 2.24) is 0 Å². The summed E-state index contributed by atoms with van der Waals surface area (Å²) in [5.74, 6) is -0.175. The van der Waals surface area contributed by atoms with E-state index in [1.54, 1.807) is 6.07 Å². The number of hydrogen-bond acceptors (Lipinski definition) is 3. The number of rotatable bonds is 4. The molecule has 0 unspecified atom stereocenters. The normalized spacial score (nSPS) is 21.2. The molecule has 96 valence electrons. The van der Waals surface area contributed by atoms with E-state index in [2.05, 4.69) is 27.9 Å². The van der Waals surface area contributed by atoms with Crippen LogP contribution in [0.5, 0.6) is 0 Å². The highest BCUT2D eigenvalue weighted by atomic mass is 127. The third-order valence-corrected chi connectivity index (χ3v) is 3.54. The molecule has 1 aliphatic rings. The molecule has 0 saturated heterocycles. The maximum atomic E-state index is 11.6. The lowest BCUT2D eigenvalue weighted by Crippen LogP contribution is -2.21. The Balaban J connectivity index is 1.77. The summed E-state index contributed by atoms with van der Waals surface area (Å²) in [6.45, 7) is 1.78. The minimum absolute atomic E-state index is 0.00419. The van der Waals surface area contributed by atoms with Gasteiger partial charge in [-0.25, -0.2) is 0 Å². The van der Waals surface area contributed by atoms with Gasteiger partial charge in [0.25, 0.3) is 5.91 Å². The number of hydrogen-bond donors (Lipinski definition) is 1. The van der Waals surface area contributed by atoms with Crippen molar-refractivity contribution in [1.29, 1.82) is 0 Å². The van der Waals surface area contributed by atoms with Crippen molar-refractivity contribution < 1.29 is 14.3 Å². The molecule has 0 spiro atoms. The number of ether oxygens (including phenoxy) is 1. The zero-order valence-corrected chi connectivity index (χ0v) is 12.1. The fourth-order valence-electron chi connectivity index (χ4n) is 1.66. The average Bonchev–Trinajstić information content (AvgIpc) is 3.03. The second-order valence-electron chi connectivity index (χ2n) is 4.49. The second kappa shape index (κ2) is 5.69. The standard InChI is InChI=1S/C13H14INO3/c1-8-5-11(8)13(17)18-7-12(16)15-10-4-2-3-9(14)6-10/h2-4,6,8,11H,5,7H2,1H3,(H,15,16)/t8-,11+/m1/s1. The first-order valence-electron chi connectivity index (χ1n) is 5.78. The summed E-state index contributed by atoms with van der Waals surface area (Å²) in [5, 5.41) is 2.69. The van der Waals surface area contributed by atoms with Gasteiger partial charge in [0, 0.05) is 9.26 Å². The Kier molecular flexibility index (Phi) is 4.21. The van der Waals surface area contributed by atoms with Gasteiger partial charge < -0.3 is 10.1 Å². The van der Waals surface area contributed by atoms with Crippen LogP contribution in [-0.4, -0.2) is 18.5 Å². The van der Waals surface area contributed by atoms with E-state index < -0.39 is 0 Å². The molecule has 1 aliphatic carbocycles. The van der Waals surface area contributed by atoms with E-state index in [1.165, 1.54) is 0 Å². The molecule has 18 heavy (non-hydrogen) atoms. The molecule has 1 fully saturated rings. The van der Waals surface area contributed by atoms with Crippen LogP contribution in [0, 0.1) is 15.4 Å². The minimum Gasteiger partial charge on any atom is -0.455 e. The molecular weight excluding hydrogens is 345 g/mol. The average molecular weight is 359 g/mol. The van der Waals surface area contributed by atoms with E-state index in [1.807, 2.05) is 25.1 Å². The molecule has 1 aromatic carbocycles. The molecule has 0 bridgehead atoms. The number of anilines is 1. The maximum absolute atomic E-state index is 11.6. The van der Waals surface area contributed by atoms with Crippen molar-refractivity contribution in [3.05, 3.63) is 27.8 Å². The van der Waals surface area contributed by atoms with Gasteiger partial charge in [-0.2, -0.15) is 0 Å². The summed E-state index contributed by atoms with van der Waals surface area (Å²) in [5.41, 5.74) is 0.711. The molecular formula is C13H14INO3. The van der Waals surface area contributed by atoms with E-state index in [0.717, 1.165) is 9.99 Å². The number of esters is 1. The molecule has 0 aromatic heterocycles. The molecule has 1 aromatic rings. The van der Waals surface area contributed by atoms with Gasteiger partial charge in [-0.1, -0.05) is 13.0 Å². The molecule has 1 saturated carbocycles. The first-order chi connectivity index (χ1) is 8.56. The molecule has 1 amide bonds. The van der Waals surface area contributed by atoms with Crippen molar-refractivity contribution in [2.24, 2.45) is 11.8 Å². The van der Waals surface area contributed by atoms with Crippen LogP contribution in [0.4, 0.5) is 5.69 Å². The Morgan fingerprint density at radius 3 is 2.83 bits per heavy atom. The fraction of sp³-hybridized carbons (Fsp3) is 0.385. The Hall–Kier alpha value is -1.11. The van der Waals surface area contributed by atoms with E-state index in [9.17, 15) is 9.59 Å². The maximum Gasteiger partial charge on any atom is 0.309 e. The Bertz CT molecular complexity index is 475. The van der Waals surface area contributed by atoms with Gasteiger partial charge in [0.05, 0.1) is 5.92 Å². The van der Waals surface area contributed by atoms with Crippen molar-refractivity contribution in [2.75, 3.05) is 11.9 Å². The molecule has 2 atom stereocenters. The lowest BCUT2D eigenvalue weighted by atomic mass is 10.3. The number of halogens is 1. The molecule has 5 heteroatoms. The molecule has 0 radical (unpaired) electrons. The predicted molar refractivity (Wildman–Crippen MR) is 76.0 cm³/mol. The molecule has 0 aliphatic heterocycles. The number of carbonyl (C=O) groups excluding carboxylic acids is 2. The minimum atomic E-state index is -0.307. The van der Waals surface area contributed by atoms with Crippen LogP contribution in [0.1, 0.15) is 13.3 Å². The Labute approximate surface area is 119 Å². The largest absolute Gasteiger partial charge is 0.455 e. The number of carbonyl (C=O) groups is 2. The van der Waals surface area contributed by atoms with Gasteiger partial charge in [-0.15, -0.1) is 0 Å². The highest BCUT2D eigenvalue weighted by Crippen LogP contribution is 2.38. The van der Waals surface area contributed by atoms with Gasteiger partial charge >= 0.3 is 5.97 Å². The van der Waals surface area contributed by atoms with Gasteiger partial charge in [0.15, 0.2) is 6.61 Å². The van der Waals surface area contributed by atoms with Crippen molar-refractivity contribution in [3.63, 3.8) is 0 Å². The van der Waals surface area contributed by atoms with Crippen LogP contribution in [0.25, 0.3) is 0 Å². The number of nitrogens with one attached hydrogen (secondary N) is 1. The van der Waals surface area contributed by atoms with Gasteiger partial charge in [0.1, 0.15) is 0 Å². The quantitative estimate of drug-likeness (QED) is 0.664. The van der Waals surface area contributed by atoms with Crippen LogP contribution in [0.3, 0.4) is 0 Å². The Morgan fingerprint density at radius 2 is 2.22 bits per heavy atom. The SMILES string of the molecule is C[C@@H]1C[C@@H]1C(=O)OCC(=O)Nc1cccc(I)c1. The monoisotopic (exact) mass is 359 g/mol. The van der Waals surface area contributed by atoms with Gasteiger partial charge in [0.2, 0.25) is 0 Å². The van der Waals surface area contributed by atoms with Crippen molar-refractivity contribution in [3.8, 4) is 0 Å². The highest BCUT2D eigenvalue weighted by molar-refractivity contribution is 14.1. The predicted octanol–water partition coefficient (Wildman–Crippen LogP) is 2.43. The summed E-state index contributed by atoms with van der Waals surface area (Å²) in [6, 6.07) is 7.44. The molecule has 2 rings (SSSR count). The van der Waals surface area contributed by atoms with E-state index in [-0.39, 0.29) is 24.4 Å². The lowest BCUT2D eigenvalue weighted by molar-refractivity contribution is -0.148. The number of amides is 1. The summed E-state index contributed by atoms with van der Waals surface area (Å²) in [6.07, 6.45) is 0.872. The smallest absolute Gasteiger partial charge is 0.309 e. The summed E-state index contributed by atoms with van der Waals surface area (Å²) >= 11 is 2.17. The van der Waals surface area contributed by atoms with E-state index in [0.29, 0.717) is 11.6 Å². The van der Waals surface area contributed by atoms with Crippen LogP contribution in [0.15, 0.2) is 24.3 Å². The lowest BCUT2D eigenvalue weighted by Gasteiger charge is -2.06. The fourth-order valence-corrected chi connectivity index (χ4v) is 2.20. The van der Waals surface area contributed by atoms with Crippen molar-refractivity contribution in [2.45, 2.75) is 13.3 Å². The highest BCUT2D eigenvalue weighted by Gasteiger charge is 2.40. The first-order valence-corrected chi connectivity index (χ1v) is 6.86. The third-order valence-electron chi connectivity index (χ3n) is 2.87. The Morgan fingerprint density at radius 1 is 1.50 bits per heavy atom. The van der Waals surface area contributed by atoms with E-state index >= 15 is 0 Å². The van der Waals surface area contributed by atoms with Crippen LogP contribution in [-0.2, 0) is 14.3 Å². The van der Waals surface area contributed by atoms with Gasteiger partial charge in [-0.05, 0) is 53.1 Å². The van der Waals surface area contributed by atoms with Crippen LogP contribution >= 0.6 is 22.6 Å². The summed E-state index contributed by atoms with van der Waals surface area (Å²) < 4.78 is 5.98. The first kappa shape index (κ1) is 13.3. The summed E-state index contributed by atoms with van der Waals surface area (Å²) in [4.78, 5) is 23.0. The van der Waals surface area contributed by atoms with Crippen molar-refractivity contribution >= 4 is 40.2 Å². The number of benzene rings is 1. The van der Waals surface area contributed by atoms with Gasteiger partial charge in [-0.3, -0.25) is 9.59 Å². The van der Waals surface area contributed by atoms with Crippen LogP contribution < -0.4 is 5.32 Å². The van der Waals surface area contributed by atoms with E-state index in [4.69, 9.17) is 4.74 Å². The van der Waals surface area contributed by atoms with Crippen LogP contribution in [0.2, 0.25) is 0 Å². The second-order valence-corrected chi connectivity index (χ2v) is 5.73. The zero-order chi connectivity index (χ0) is 13.1. The molecule has 1 N–H and O–H groups in total. The zero-order valence-electron chi connectivity index (χ0n) is 9.98. The molecule has 0 heterocycles.